The molecule has 0 amide bonds. The summed E-state index contributed by atoms with van der Waals surface area (Å²) in [6.07, 6.45) is 3.00. The molecular formula is C19H22O6. The number of carbonyl (C=O) groups excluding carboxylic acids is 1. The Hall–Kier alpha value is -2.34. The summed E-state index contributed by atoms with van der Waals surface area (Å²) in [7, 11) is 1.54. The lowest BCUT2D eigenvalue weighted by molar-refractivity contribution is -0.152. The van der Waals surface area contributed by atoms with Gasteiger partial charge in [-0.2, -0.15) is 0 Å². The Kier molecular flexibility index (Phi) is 5.38. The zero-order valence-electron chi connectivity index (χ0n) is 14.5. The van der Waals surface area contributed by atoms with Gasteiger partial charge in [0.25, 0.3) is 0 Å². The number of fused-ring (bicyclic) bond motifs is 3. The molecule has 1 atom stereocenters. The second-order valence-corrected chi connectivity index (χ2v) is 6.13. The lowest BCUT2D eigenvalue weighted by Gasteiger charge is -2.17. The van der Waals surface area contributed by atoms with Crippen LogP contribution in [0.1, 0.15) is 30.9 Å². The molecule has 1 heterocycles. The van der Waals surface area contributed by atoms with Crippen LogP contribution < -0.4 is 10.4 Å². The minimum Gasteiger partial charge on any atom is -0.479 e. The number of esters is 1. The Morgan fingerprint density at radius 3 is 2.72 bits per heavy atom. The molecule has 3 rings (SSSR count). The highest BCUT2D eigenvalue weighted by Crippen LogP contribution is 2.29. The molecule has 1 aliphatic carbocycles. The Labute approximate surface area is 145 Å². The molecule has 6 nitrogen and oxygen atoms in total. The number of methoxy groups -OCH3 is 1. The van der Waals surface area contributed by atoms with E-state index in [0.717, 1.165) is 42.2 Å². The van der Waals surface area contributed by atoms with Gasteiger partial charge in [-0.15, -0.1) is 0 Å². The summed E-state index contributed by atoms with van der Waals surface area (Å²) >= 11 is 0. The summed E-state index contributed by atoms with van der Waals surface area (Å²) in [5, 5.41) is 0.942. The lowest BCUT2D eigenvalue weighted by Crippen LogP contribution is -2.27. The Morgan fingerprint density at radius 2 is 1.96 bits per heavy atom. The Morgan fingerprint density at radius 1 is 1.20 bits per heavy atom. The van der Waals surface area contributed by atoms with Gasteiger partial charge in [0.15, 0.2) is 6.10 Å². The highest BCUT2D eigenvalue weighted by molar-refractivity contribution is 5.83. The molecule has 0 bridgehead atoms. The van der Waals surface area contributed by atoms with Gasteiger partial charge in [0.1, 0.15) is 17.9 Å². The average Bonchev–Trinajstić information content (AvgIpc) is 2.62. The molecular weight excluding hydrogens is 324 g/mol. The first kappa shape index (κ1) is 17.5. The first-order chi connectivity index (χ1) is 12.1. The monoisotopic (exact) mass is 346 g/mol. The summed E-state index contributed by atoms with van der Waals surface area (Å²) in [5.41, 5.74) is 2.09. The Bertz CT molecular complexity index is 823. The topological polar surface area (TPSA) is 75.0 Å². The molecule has 0 saturated heterocycles. The van der Waals surface area contributed by atoms with Crippen LogP contribution in [-0.2, 0) is 27.1 Å². The predicted molar refractivity (Wildman–Crippen MR) is 92.1 cm³/mol. The highest BCUT2D eigenvalue weighted by Gasteiger charge is 2.20. The number of aryl methyl sites for hydroxylation is 1. The van der Waals surface area contributed by atoms with Crippen molar-refractivity contribution in [1.29, 1.82) is 0 Å². The Balaban J connectivity index is 1.80. The van der Waals surface area contributed by atoms with Crippen LogP contribution in [0.4, 0.5) is 0 Å². The quantitative estimate of drug-likeness (QED) is 0.455. The highest BCUT2D eigenvalue weighted by atomic mass is 16.6. The molecule has 0 fully saturated rings. The number of ether oxygens (including phenoxy) is 3. The molecule has 0 N–H and O–H groups in total. The van der Waals surface area contributed by atoms with Gasteiger partial charge in [-0.25, -0.2) is 9.59 Å². The molecule has 25 heavy (non-hydrogen) atoms. The van der Waals surface area contributed by atoms with Crippen molar-refractivity contribution in [2.24, 2.45) is 0 Å². The van der Waals surface area contributed by atoms with Gasteiger partial charge in [-0.3, -0.25) is 0 Å². The van der Waals surface area contributed by atoms with E-state index in [0.29, 0.717) is 17.9 Å². The van der Waals surface area contributed by atoms with Crippen LogP contribution in [0, 0.1) is 0 Å². The molecule has 6 heteroatoms. The molecule has 0 spiro atoms. The summed E-state index contributed by atoms with van der Waals surface area (Å²) in [6.45, 7) is 2.13. The van der Waals surface area contributed by atoms with Crippen molar-refractivity contribution < 1.29 is 23.4 Å². The molecule has 0 aliphatic heterocycles. The number of carbonyl (C=O) groups is 1. The fraction of sp³-hybridized carbons (Fsp3) is 0.474. The van der Waals surface area contributed by atoms with Gasteiger partial charge < -0.3 is 18.6 Å². The number of hydrogen-bond acceptors (Lipinski definition) is 6. The van der Waals surface area contributed by atoms with Crippen LogP contribution in [-0.4, -0.2) is 32.4 Å². The van der Waals surface area contributed by atoms with E-state index in [1.165, 1.54) is 7.11 Å². The average molecular weight is 346 g/mol. The minimum atomic E-state index is -0.765. The van der Waals surface area contributed by atoms with Crippen molar-refractivity contribution in [2.45, 2.75) is 38.7 Å². The van der Waals surface area contributed by atoms with Crippen LogP contribution in [0.15, 0.2) is 27.4 Å². The number of benzene rings is 1. The van der Waals surface area contributed by atoms with Crippen LogP contribution in [0.5, 0.6) is 5.75 Å². The molecule has 134 valence electrons. The first-order valence-corrected chi connectivity index (χ1v) is 8.51. The second-order valence-electron chi connectivity index (χ2n) is 6.13. The van der Waals surface area contributed by atoms with E-state index in [-0.39, 0.29) is 12.2 Å². The van der Waals surface area contributed by atoms with Crippen molar-refractivity contribution >= 4 is 16.9 Å². The maximum atomic E-state index is 12.2. The zero-order valence-corrected chi connectivity index (χ0v) is 14.5. The molecule has 0 saturated carbocycles. The van der Waals surface area contributed by atoms with Crippen molar-refractivity contribution in [2.75, 3.05) is 20.3 Å². The summed E-state index contributed by atoms with van der Waals surface area (Å²) in [5.74, 6) is -0.00774. The van der Waals surface area contributed by atoms with Crippen molar-refractivity contribution in [3.63, 3.8) is 0 Å². The van der Waals surface area contributed by atoms with Gasteiger partial charge in [0.2, 0.25) is 0 Å². The van der Waals surface area contributed by atoms with Gasteiger partial charge in [0.05, 0.1) is 6.61 Å². The summed E-state index contributed by atoms with van der Waals surface area (Å²) in [4.78, 5) is 24.0. The molecule has 1 aromatic heterocycles. The maximum absolute atomic E-state index is 12.2. The summed E-state index contributed by atoms with van der Waals surface area (Å²) < 4.78 is 20.9. The zero-order chi connectivity index (χ0) is 17.8. The van der Waals surface area contributed by atoms with Crippen molar-refractivity contribution in [3.8, 4) is 5.75 Å². The van der Waals surface area contributed by atoms with Gasteiger partial charge in [0, 0.05) is 24.1 Å². The second kappa shape index (κ2) is 7.70. The van der Waals surface area contributed by atoms with Crippen LogP contribution in [0.3, 0.4) is 0 Å². The van der Waals surface area contributed by atoms with Gasteiger partial charge >= 0.3 is 11.6 Å². The minimum absolute atomic E-state index is 0.182. The van der Waals surface area contributed by atoms with Crippen LogP contribution in [0.2, 0.25) is 0 Å². The van der Waals surface area contributed by atoms with E-state index in [1.54, 1.807) is 19.1 Å². The van der Waals surface area contributed by atoms with E-state index in [4.69, 9.17) is 18.6 Å². The van der Waals surface area contributed by atoms with Crippen molar-refractivity contribution in [3.05, 3.63) is 39.7 Å². The summed E-state index contributed by atoms with van der Waals surface area (Å²) in [6, 6.07) is 5.33. The van der Waals surface area contributed by atoms with E-state index in [9.17, 15) is 9.59 Å². The van der Waals surface area contributed by atoms with E-state index in [1.807, 2.05) is 6.07 Å². The normalized spacial score (nSPS) is 14.8. The fourth-order valence-electron chi connectivity index (χ4n) is 3.09. The molecule has 1 aliphatic rings. The number of hydrogen-bond donors (Lipinski definition) is 0. The molecule has 1 aromatic carbocycles. The first-order valence-electron chi connectivity index (χ1n) is 8.51. The van der Waals surface area contributed by atoms with E-state index in [2.05, 4.69) is 0 Å². The van der Waals surface area contributed by atoms with Crippen LogP contribution in [0.25, 0.3) is 11.0 Å². The van der Waals surface area contributed by atoms with Crippen molar-refractivity contribution in [1.82, 2.24) is 0 Å². The molecule has 0 radical (unpaired) electrons. The van der Waals surface area contributed by atoms with E-state index < -0.39 is 12.1 Å². The number of rotatable bonds is 6. The third kappa shape index (κ3) is 3.85. The smallest absolute Gasteiger partial charge is 0.347 e. The third-order valence-electron chi connectivity index (χ3n) is 4.37. The largest absolute Gasteiger partial charge is 0.479 e. The standard InChI is InChI=1S/C19H22O6/c1-12(18(20)23-10-9-22-2)24-13-7-8-15-14-5-3-4-6-16(14)19(21)25-17(15)11-13/h7-8,11-12H,3-6,9-10H2,1-2H3/t12-/m0/s1. The molecule has 0 unspecified atom stereocenters. The van der Waals surface area contributed by atoms with E-state index >= 15 is 0 Å². The predicted octanol–water partition coefficient (Wildman–Crippen LogP) is 2.63. The van der Waals surface area contributed by atoms with Gasteiger partial charge in [-0.1, -0.05) is 0 Å². The fourth-order valence-corrected chi connectivity index (χ4v) is 3.09. The lowest BCUT2D eigenvalue weighted by atomic mass is 9.91. The van der Waals surface area contributed by atoms with Gasteiger partial charge in [-0.05, 0) is 50.3 Å². The maximum Gasteiger partial charge on any atom is 0.347 e. The van der Waals surface area contributed by atoms with Crippen LogP contribution >= 0.6 is 0 Å². The third-order valence-corrected chi connectivity index (χ3v) is 4.37. The molecule has 2 aromatic rings. The SMILES string of the molecule is COCCOC(=O)[C@H](C)Oc1ccc2c3c(c(=O)oc2c1)CCCC3.